The van der Waals surface area contributed by atoms with Crippen molar-refractivity contribution in [1.29, 1.82) is 0 Å². The van der Waals surface area contributed by atoms with E-state index in [-0.39, 0.29) is 24.8 Å². The summed E-state index contributed by atoms with van der Waals surface area (Å²) < 4.78 is 5.26. The fraction of sp³-hybridized carbons (Fsp3) is 0.571. The lowest BCUT2D eigenvalue weighted by molar-refractivity contribution is -0.137. The summed E-state index contributed by atoms with van der Waals surface area (Å²) in [6.07, 6.45) is 6.04. The Morgan fingerprint density at radius 1 is 1.42 bits per heavy atom. The first-order valence-electron chi connectivity index (χ1n) is 6.72. The lowest BCUT2D eigenvalue weighted by Gasteiger charge is -2.17. The molecule has 0 saturated heterocycles. The Morgan fingerprint density at radius 2 is 2.16 bits per heavy atom. The summed E-state index contributed by atoms with van der Waals surface area (Å²) >= 11 is 0. The maximum Gasteiger partial charge on any atom is 0.303 e. The number of hydrogen-bond acceptors (Lipinski definition) is 3. The fourth-order valence-corrected chi connectivity index (χ4v) is 2.53. The van der Waals surface area contributed by atoms with Crippen LogP contribution in [0.3, 0.4) is 0 Å². The molecular formula is C14H19NO4. The van der Waals surface area contributed by atoms with Crippen LogP contribution < -0.4 is 5.32 Å². The second kappa shape index (κ2) is 6.41. The molecule has 1 aromatic heterocycles. The monoisotopic (exact) mass is 265 g/mol. The highest BCUT2D eigenvalue weighted by Crippen LogP contribution is 2.24. The van der Waals surface area contributed by atoms with Gasteiger partial charge in [-0.25, -0.2) is 0 Å². The number of furan rings is 1. The molecule has 0 aliphatic heterocycles. The lowest BCUT2D eigenvalue weighted by atomic mass is 9.98. The smallest absolute Gasteiger partial charge is 0.303 e. The predicted octanol–water partition coefficient (Wildman–Crippen LogP) is 2.29. The summed E-state index contributed by atoms with van der Waals surface area (Å²) in [5.74, 6) is -0.989. The standard InChI is InChI=1S/C14H19NO4/c16-13(17)8-7-11(12-6-3-9-19-12)14(18)15-10-4-1-2-5-10/h3,6,9-11H,1-2,4-5,7-8H2,(H,15,18)(H,16,17). The van der Waals surface area contributed by atoms with Crippen LogP contribution in [-0.2, 0) is 9.59 Å². The van der Waals surface area contributed by atoms with Crippen LogP contribution in [0.1, 0.15) is 50.2 Å². The number of carbonyl (C=O) groups excluding carboxylic acids is 1. The maximum absolute atomic E-state index is 12.2. The number of carboxylic acids is 1. The Labute approximate surface area is 112 Å². The Bertz CT molecular complexity index is 421. The molecule has 1 aromatic rings. The Hall–Kier alpha value is -1.78. The zero-order valence-corrected chi connectivity index (χ0v) is 10.8. The van der Waals surface area contributed by atoms with E-state index in [2.05, 4.69) is 5.32 Å². The minimum absolute atomic E-state index is 0.0382. The molecular weight excluding hydrogens is 246 g/mol. The molecule has 1 aliphatic carbocycles. The van der Waals surface area contributed by atoms with Crippen molar-refractivity contribution in [3.05, 3.63) is 24.2 Å². The molecule has 0 spiro atoms. The first-order valence-corrected chi connectivity index (χ1v) is 6.72. The number of hydrogen-bond donors (Lipinski definition) is 2. The molecule has 104 valence electrons. The third-order valence-electron chi connectivity index (χ3n) is 3.55. The van der Waals surface area contributed by atoms with E-state index in [1.165, 1.54) is 6.26 Å². The van der Waals surface area contributed by atoms with Gasteiger partial charge in [-0.1, -0.05) is 12.8 Å². The third kappa shape index (κ3) is 3.84. The molecule has 1 unspecified atom stereocenters. The van der Waals surface area contributed by atoms with E-state index < -0.39 is 11.9 Å². The fourth-order valence-electron chi connectivity index (χ4n) is 2.53. The lowest BCUT2D eigenvalue weighted by Crippen LogP contribution is -2.36. The molecule has 0 bridgehead atoms. The number of carbonyl (C=O) groups is 2. The summed E-state index contributed by atoms with van der Waals surface area (Å²) in [6, 6.07) is 3.67. The van der Waals surface area contributed by atoms with Crippen LogP contribution >= 0.6 is 0 Å². The zero-order chi connectivity index (χ0) is 13.7. The van der Waals surface area contributed by atoms with Gasteiger partial charge < -0.3 is 14.8 Å². The van der Waals surface area contributed by atoms with E-state index in [9.17, 15) is 9.59 Å². The van der Waals surface area contributed by atoms with Gasteiger partial charge in [-0.05, 0) is 31.4 Å². The molecule has 1 heterocycles. The summed E-state index contributed by atoms with van der Waals surface area (Å²) in [6.45, 7) is 0. The maximum atomic E-state index is 12.2. The number of rotatable bonds is 6. The molecule has 1 aliphatic rings. The molecule has 0 radical (unpaired) electrons. The van der Waals surface area contributed by atoms with Gasteiger partial charge in [0.1, 0.15) is 5.76 Å². The normalized spacial score (nSPS) is 17.3. The molecule has 2 rings (SSSR count). The highest BCUT2D eigenvalue weighted by molar-refractivity contribution is 5.83. The van der Waals surface area contributed by atoms with Gasteiger partial charge in [0, 0.05) is 12.5 Å². The van der Waals surface area contributed by atoms with Crippen molar-refractivity contribution in [3.8, 4) is 0 Å². The van der Waals surface area contributed by atoms with Gasteiger partial charge in [0.05, 0.1) is 12.2 Å². The predicted molar refractivity (Wildman–Crippen MR) is 68.7 cm³/mol. The van der Waals surface area contributed by atoms with E-state index in [1.807, 2.05) is 0 Å². The van der Waals surface area contributed by atoms with Crippen LogP contribution in [0.25, 0.3) is 0 Å². The molecule has 2 N–H and O–H groups in total. The molecule has 19 heavy (non-hydrogen) atoms. The van der Waals surface area contributed by atoms with Crippen molar-refractivity contribution in [3.63, 3.8) is 0 Å². The molecule has 1 fully saturated rings. The van der Waals surface area contributed by atoms with Crippen LogP contribution in [0, 0.1) is 0 Å². The average Bonchev–Trinajstić information content (AvgIpc) is 3.01. The second-order valence-electron chi connectivity index (χ2n) is 4.99. The number of aliphatic carboxylic acids is 1. The Balaban J connectivity index is 1.99. The van der Waals surface area contributed by atoms with Gasteiger partial charge in [0.25, 0.3) is 0 Å². The minimum atomic E-state index is -0.898. The highest BCUT2D eigenvalue weighted by atomic mass is 16.4. The summed E-state index contributed by atoms with van der Waals surface area (Å²) in [4.78, 5) is 22.9. The molecule has 5 heteroatoms. The van der Waals surface area contributed by atoms with E-state index >= 15 is 0 Å². The van der Waals surface area contributed by atoms with Crippen molar-refractivity contribution >= 4 is 11.9 Å². The first kappa shape index (κ1) is 13.6. The van der Waals surface area contributed by atoms with E-state index in [0.29, 0.717) is 5.76 Å². The zero-order valence-electron chi connectivity index (χ0n) is 10.8. The van der Waals surface area contributed by atoms with Gasteiger partial charge in [-0.2, -0.15) is 0 Å². The van der Waals surface area contributed by atoms with Crippen molar-refractivity contribution in [1.82, 2.24) is 5.32 Å². The quantitative estimate of drug-likeness (QED) is 0.827. The van der Waals surface area contributed by atoms with Crippen molar-refractivity contribution in [2.75, 3.05) is 0 Å². The number of carboxylic acid groups (broad SMARTS) is 1. The highest BCUT2D eigenvalue weighted by Gasteiger charge is 2.27. The Morgan fingerprint density at radius 3 is 2.74 bits per heavy atom. The van der Waals surface area contributed by atoms with Crippen molar-refractivity contribution in [2.45, 2.75) is 50.5 Å². The van der Waals surface area contributed by atoms with Crippen LogP contribution in [0.4, 0.5) is 0 Å². The van der Waals surface area contributed by atoms with Crippen molar-refractivity contribution in [2.24, 2.45) is 0 Å². The minimum Gasteiger partial charge on any atom is -0.481 e. The third-order valence-corrected chi connectivity index (χ3v) is 3.55. The average molecular weight is 265 g/mol. The van der Waals surface area contributed by atoms with Crippen LogP contribution in [0.2, 0.25) is 0 Å². The van der Waals surface area contributed by atoms with Crippen molar-refractivity contribution < 1.29 is 19.1 Å². The first-order chi connectivity index (χ1) is 9.16. The molecule has 1 atom stereocenters. The molecule has 1 amide bonds. The van der Waals surface area contributed by atoms with Gasteiger partial charge in [0.2, 0.25) is 5.91 Å². The van der Waals surface area contributed by atoms with E-state index in [4.69, 9.17) is 9.52 Å². The van der Waals surface area contributed by atoms with Gasteiger partial charge in [-0.15, -0.1) is 0 Å². The van der Waals surface area contributed by atoms with Gasteiger partial charge in [0.15, 0.2) is 0 Å². The number of nitrogens with one attached hydrogen (secondary N) is 1. The van der Waals surface area contributed by atoms with Gasteiger partial charge in [-0.3, -0.25) is 9.59 Å². The van der Waals surface area contributed by atoms with Crippen LogP contribution in [-0.4, -0.2) is 23.0 Å². The van der Waals surface area contributed by atoms with E-state index in [1.54, 1.807) is 12.1 Å². The van der Waals surface area contributed by atoms with Crippen LogP contribution in [0.15, 0.2) is 22.8 Å². The second-order valence-corrected chi connectivity index (χ2v) is 4.99. The summed E-state index contributed by atoms with van der Waals surface area (Å²) in [5.41, 5.74) is 0. The topological polar surface area (TPSA) is 79.5 Å². The summed E-state index contributed by atoms with van der Waals surface area (Å²) in [7, 11) is 0. The SMILES string of the molecule is O=C(O)CCC(C(=O)NC1CCCC1)c1ccco1. The van der Waals surface area contributed by atoms with E-state index in [0.717, 1.165) is 25.7 Å². The molecule has 1 saturated carbocycles. The van der Waals surface area contributed by atoms with Crippen LogP contribution in [0.5, 0.6) is 0 Å². The molecule has 0 aromatic carbocycles. The van der Waals surface area contributed by atoms with Gasteiger partial charge >= 0.3 is 5.97 Å². The molecule has 5 nitrogen and oxygen atoms in total. The largest absolute Gasteiger partial charge is 0.481 e. The Kier molecular flexibility index (Phi) is 4.60. The summed E-state index contributed by atoms with van der Waals surface area (Å²) in [5, 5.41) is 11.8. The number of amides is 1.